The van der Waals surface area contributed by atoms with Crippen molar-refractivity contribution in [1.29, 1.82) is 0 Å². The molecule has 0 saturated carbocycles. The fourth-order valence-corrected chi connectivity index (χ4v) is 3.77. The van der Waals surface area contributed by atoms with Gasteiger partial charge in [0.05, 0.1) is 18.9 Å². The van der Waals surface area contributed by atoms with E-state index < -0.39 is 0 Å². The topological polar surface area (TPSA) is 111 Å². The van der Waals surface area contributed by atoms with Gasteiger partial charge < -0.3 is 5.73 Å². The first-order chi connectivity index (χ1) is 15.3. The van der Waals surface area contributed by atoms with Gasteiger partial charge in [-0.2, -0.15) is 4.98 Å². The molecular weight excluding hydrogens is 430 g/mol. The first kappa shape index (κ1) is 25.0. The number of nitrogen functional groups attached to an aromatic ring is 1. The van der Waals surface area contributed by atoms with E-state index in [1.54, 1.807) is 28.6 Å². The number of hydrazone groups is 1. The molecule has 0 saturated heterocycles. The standard InChI is InChI=1S/C12H17N6.C10H15N5.CH4/c1-8-15-16(5)10-9-11(14-6-13-10)18(7-17(8)9)12(2,3)4;1-10(2,3)15-6-12-7-8(11)14(4)5-13-9(7)15;/h6-7H,1-5H3;5-6,11H,1-4H3;1H4/q+1;;/p+1. The van der Waals surface area contributed by atoms with Gasteiger partial charge in [0.25, 0.3) is 5.82 Å². The molecule has 0 spiro atoms. The van der Waals surface area contributed by atoms with Gasteiger partial charge >= 0.3 is 5.65 Å². The highest BCUT2D eigenvalue weighted by atomic mass is 15.5. The molecule has 0 fully saturated rings. The second-order valence-corrected chi connectivity index (χ2v) is 10.3. The SMILES string of the molecule is C.CC1=NN(C)c2ncnc3c2n1c[n+]3C(C)(C)C.C[n+]1cnc2c(ncn2C(C)(C)C)c1N. The largest absolute Gasteiger partial charge is 0.317 e. The van der Waals surface area contributed by atoms with Crippen molar-refractivity contribution in [2.75, 3.05) is 17.8 Å². The van der Waals surface area contributed by atoms with Crippen LogP contribution >= 0.6 is 0 Å². The molecule has 0 aromatic carbocycles. The first-order valence-corrected chi connectivity index (χ1v) is 10.9. The maximum atomic E-state index is 5.92. The summed E-state index contributed by atoms with van der Waals surface area (Å²) < 4.78 is 8.00. The van der Waals surface area contributed by atoms with Gasteiger partial charge in [-0.05, 0) is 41.5 Å². The summed E-state index contributed by atoms with van der Waals surface area (Å²) in [7, 11) is 3.76. The molecule has 0 atom stereocenters. The minimum Gasteiger partial charge on any atom is -0.317 e. The highest BCUT2D eigenvalue weighted by Gasteiger charge is 2.32. The van der Waals surface area contributed by atoms with Gasteiger partial charge in [-0.25, -0.2) is 23.7 Å². The zero-order chi connectivity index (χ0) is 24.3. The van der Waals surface area contributed by atoms with Crippen LogP contribution in [-0.2, 0) is 18.1 Å². The lowest BCUT2D eigenvalue weighted by Crippen LogP contribution is -2.49. The van der Waals surface area contributed by atoms with E-state index in [2.05, 4.69) is 82.0 Å². The number of aromatic nitrogens is 8. The molecule has 0 unspecified atom stereocenters. The Kier molecular flexibility index (Phi) is 6.10. The average Bonchev–Trinajstić information content (AvgIpc) is 3.32. The van der Waals surface area contributed by atoms with Crippen molar-refractivity contribution in [3.63, 3.8) is 0 Å². The summed E-state index contributed by atoms with van der Waals surface area (Å²) in [6.07, 6.45) is 7.14. The van der Waals surface area contributed by atoms with Gasteiger partial charge in [-0.15, -0.1) is 5.10 Å². The van der Waals surface area contributed by atoms with E-state index in [4.69, 9.17) is 5.73 Å². The zero-order valence-corrected chi connectivity index (χ0v) is 20.9. The Labute approximate surface area is 200 Å². The lowest BCUT2D eigenvalue weighted by atomic mass is 10.1. The summed E-state index contributed by atoms with van der Waals surface area (Å²) >= 11 is 0. The number of hydrogen-bond donors (Lipinski definition) is 1. The minimum atomic E-state index is -0.0336. The van der Waals surface area contributed by atoms with E-state index in [0.717, 1.165) is 34.0 Å². The Balaban J connectivity index is 0.000000188. The molecule has 1 aliphatic heterocycles. The predicted octanol–water partition coefficient (Wildman–Crippen LogP) is 2.33. The Morgan fingerprint density at radius 2 is 1.68 bits per heavy atom. The Morgan fingerprint density at radius 3 is 2.29 bits per heavy atom. The molecule has 4 aromatic rings. The van der Waals surface area contributed by atoms with Gasteiger partial charge in [-0.1, -0.05) is 17.4 Å². The Bertz CT molecular complexity index is 1380. The van der Waals surface area contributed by atoms with Crippen LogP contribution in [0.15, 0.2) is 30.4 Å². The summed E-state index contributed by atoms with van der Waals surface area (Å²) in [5.41, 5.74) is 9.40. The third-order valence-corrected chi connectivity index (χ3v) is 5.60. The number of anilines is 2. The van der Waals surface area contributed by atoms with Crippen molar-refractivity contribution in [3.05, 3.63) is 25.3 Å². The van der Waals surface area contributed by atoms with Gasteiger partial charge in [0, 0.05) is 19.5 Å². The summed E-state index contributed by atoms with van der Waals surface area (Å²) in [5, 5.41) is 6.25. The number of hydrogen-bond acceptors (Lipinski definition) is 7. The predicted molar refractivity (Wildman–Crippen MR) is 134 cm³/mol. The lowest BCUT2D eigenvalue weighted by Gasteiger charge is -2.19. The molecular formula is C23H37N11+2. The van der Waals surface area contributed by atoms with Crippen LogP contribution in [0.25, 0.3) is 22.3 Å². The van der Waals surface area contributed by atoms with Gasteiger partial charge in [0.2, 0.25) is 17.5 Å². The van der Waals surface area contributed by atoms with Gasteiger partial charge in [0.1, 0.15) is 0 Å². The molecule has 182 valence electrons. The van der Waals surface area contributed by atoms with Crippen LogP contribution in [0.1, 0.15) is 55.9 Å². The highest BCUT2D eigenvalue weighted by molar-refractivity contribution is 5.97. The molecule has 5 heterocycles. The van der Waals surface area contributed by atoms with Crippen LogP contribution in [0.3, 0.4) is 0 Å². The molecule has 2 N–H and O–H groups in total. The molecule has 0 bridgehead atoms. The van der Waals surface area contributed by atoms with Crippen molar-refractivity contribution < 1.29 is 9.13 Å². The number of fused-ring (bicyclic) bond motifs is 1. The van der Waals surface area contributed by atoms with E-state index in [-0.39, 0.29) is 18.5 Å². The summed E-state index contributed by atoms with van der Waals surface area (Å²) in [4.78, 5) is 17.4. The monoisotopic (exact) mass is 467 g/mol. The van der Waals surface area contributed by atoms with Crippen LogP contribution in [0, 0.1) is 0 Å². The molecule has 4 aromatic heterocycles. The smallest absolute Gasteiger partial charge is 0.308 e. The van der Waals surface area contributed by atoms with Crippen molar-refractivity contribution in [2.45, 2.75) is 67.0 Å². The van der Waals surface area contributed by atoms with E-state index in [1.165, 1.54) is 0 Å². The summed E-state index contributed by atoms with van der Waals surface area (Å²) in [6.45, 7) is 14.8. The third kappa shape index (κ3) is 4.06. The van der Waals surface area contributed by atoms with Crippen LogP contribution in [0.4, 0.5) is 11.6 Å². The number of rotatable bonds is 0. The maximum Gasteiger partial charge on any atom is 0.308 e. The fourth-order valence-electron chi connectivity index (χ4n) is 3.77. The zero-order valence-electron chi connectivity index (χ0n) is 20.9. The van der Waals surface area contributed by atoms with Crippen LogP contribution in [-0.4, -0.2) is 42.0 Å². The molecule has 5 rings (SSSR count). The number of aryl methyl sites for hydroxylation is 1. The van der Waals surface area contributed by atoms with Crippen LogP contribution < -0.4 is 19.9 Å². The fraction of sp³-hybridized carbons (Fsp3) is 0.522. The Hall–Kier alpha value is -3.63. The number of nitrogens with two attached hydrogens (primary N) is 1. The second kappa shape index (κ2) is 8.30. The lowest BCUT2D eigenvalue weighted by molar-refractivity contribution is -0.732. The van der Waals surface area contributed by atoms with Crippen molar-refractivity contribution in [2.24, 2.45) is 12.1 Å². The molecule has 1 aliphatic rings. The maximum absolute atomic E-state index is 5.92. The summed E-state index contributed by atoms with van der Waals surface area (Å²) in [5.74, 6) is 2.41. The van der Waals surface area contributed by atoms with Gasteiger partial charge in [0.15, 0.2) is 29.8 Å². The first-order valence-electron chi connectivity index (χ1n) is 10.9. The molecule has 0 amide bonds. The molecule has 34 heavy (non-hydrogen) atoms. The van der Waals surface area contributed by atoms with E-state index in [9.17, 15) is 0 Å². The van der Waals surface area contributed by atoms with Crippen molar-refractivity contribution in [1.82, 2.24) is 29.1 Å². The van der Waals surface area contributed by atoms with Crippen molar-refractivity contribution in [3.8, 4) is 0 Å². The molecule has 11 nitrogen and oxygen atoms in total. The van der Waals surface area contributed by atoms with E-state index >= 15 is 0 Å². The van der Waals surface area contributed by atoms with E-state index in [1.807, 2.05) is 25.6 Å². The van der Waals surface area contributed by atoms with Crippen LogP contribution in [0.2, 0.25) is 0 Å². The summed E-state index contributed by atoms with van der Waals surface area (Å²) in [6, 6.07) is 0. The highest BCUT2D eigenvalue weighted by Crippen LogP contribution is 2.26. The van der Waals surface area contributed by atoms with Crippen molar-refractivity contribution >= 4 is 39.8 Å². The quantitative estimate of drug-likeness (QED) is 0.398. The van der Waals surface area contributed by atoms with Crippen LogP contribution in [0.5, 0.6) is 0 Å². The molecule has 0 aliphatic carbocycles. The minimum absolute atomic E-state index is 0. The Morgan fingerprint density at radius 1 is 1.00 bits per heavy atom. The third-order valence-electron chi connectivity index (χ3n) is 5.60. The van der Waals surface area contributed by atoms with E-state index in [0.29, 0.717) is 5.82 Å². The molecule has 0 radical (unpaired) electrons. The second-order valence-electron chi connectivity index (χ2n) is 10.3. The average molecular weight is 468 g/mol. The number of nitrogens with zero attached hydrogens (tertiary/aromatic N) is 10. The molecule has 11 heteroatoms. The number of imidazole rings is 2. The van der Waals surface area contributed by atoms with Gasteiger partial charge in [-0.3, -0.25) is 4.57 Å². The normalized spacial score (nSPS) is 13.4.